The molecule has 7 heteroatoms. The van der Waals surface area contributed by atoms with Gasteiger partial charge in [0.15, 0.2) is 0 Å². The fourth-order valence-corrected chi connectivity index (χ4v) is 3.47. The summed E-state index contributed by atoms with van der Waals surface area (Å²) in [6.45, 7) is 4.27. The Morgan fingerprint density at radius 1 is 1.10 bits per heavy atom. The van der Waals surface area contributed by atoms with Gasteiger partial charge >= 0.3 is 0 Å². The van der Waals surface area contributed by atoms with Crippen LogP contribution in [0.1, 0.15) is 39.6 Å². The fraction of sp³-hybridized carbons (Fsp3) is 0.273. The molecule has 3 rings (SSSR count). The lowest BCUT2D eigenvalue weighted by molar-refractivity contribution is 0.0939. The number of aryl methyl sites for hydroxylation is 1. The van der Waals surface area contributed by atoms with Gasteiger partial charge < -0.3 is 19.5 Å². The Balaban J connectivity index is 1.63. The molecule has 0 spiro atoms. The lowest BCUT2D eigenvalue weighted by Crippen LogP contribution is -2.26. The first-order chi connectivity index (χ1) is 14.0. The number of hydrogen-bond acceptors (Lipinski definition) is 6. The summed E-state index contributed by atoms with van der Waals surface area (Å²) in [5, 5.41) is 5.98. The number of carbonyl (C=O) groups excluding carboxylic acids is 1. The molecule has 1 N–H and O–H groups in total. The molecule has 0 aliphatic carbocycles. The van der Waals surface area contributed by atoms with Crippen molar-refractivity contribution in [1.29, 1.82) is 0 Å². The van der Waals surface area contributed by atoms with Crippen molar-refractivity contribution in [3.63, 3.8) is 0 Å². The summed E-state index contributed by atoms with van der Waals surface area (Å²) in [6, 6.07) is 12.3. The van der Waals surface area contributed by atoms with Crippen molar-refractivity contribution in [2.24, 2.45) is 0 Å². The first-order valence-electron chi connectivity index (χ1n) is 9.17. The topological polar surface area (TPSA) is 69.7 Å². The van der Waals surface area contributed by atoms with E-state index in [2.05, 4.69) is 10.3 Å². The van der Waals surface area contributed by atoms with Gasteiger partial charge in [0.1, 0.15) is 23.9 Å². The number of nitrogens with zero attached hydrogens (tertiary/aromatic N) is 1. The van der Waals surface area contributed by atoms with Crippen molar-refractivity contribution < 1.29 is 19.0 Å². The Morgan fingerprint density at radius 2 is 1.83 bits per heavy atom. The molecule has 0 bridgehead atoms. The predicted molar refractivity (Wildman–Crippen MR) is 113 cm³/mol. The van der Waals surface area contributed by atoms with Gasteiger partial charge in [0, 0.05) is 16.5 Å². The number of methoxy groups -OCH3 is 2. The van der Waals surface area contributed by atoms with Crippen LogP contribution in [0.25, 0.3) is 0 Å². The number of aromatic nitrogens is 1. The third-order valence-electron chi connectivity index (χ3n) is 4.42. The molecule has 0 saturated heterocycles. The molecule has 0 unspecified atom stereocenters. The largest absolute Gasteiger partial charge is 0.497 e. The highest BCUT2D eigenvalue weighted by atomic mass is 32.1. The molecule has 1 atom stereocenters. The predicted octanol–water partition coefficient (Wildman–Crippen LogP) is 4.54. The first-order valence-corrected chi connectivity index (χ1v) is 10.0. The van der Waals surface area contributed by atoms with Gasteiger partial charge in [-0.25, -0.2) is 4.98 Å². The van der Waals surface area contributed by atoms with Crippen LogP contribution in [0, 0.1) is 6.92 Å². The van der Waals surface area contributed by atoms with E-state index in [1.165, 1.54) is 0 Å². The van der Waals surface area contributed by atoms with Crippen LogP contribution in [-0.4, -0.2) is 25.1 Å². The number of benzene rings is 2. The molecular weight excluding hydrogens is 388 g/mol. The van der Waals surface area contributed by atoms with E-state index in [0.29, 0.717) is 29.4 Å². The summed E-state index contributed by atoms with van der Waals surface area (Å²) >= 11 is 1.59. The van der Waals surface area contributed by atoms with Crippen molar-refractivity contribution in [3.8, 4) is 17.2 Å². The SMILES string of the molecule is COc1ccc(OC)c([C@@H](C)NC(=O)c2ccc(OCc3csc(C)n3)cc2)c1. The minimum Gasteiger partial charge on any atom is -0.497 e. The summed E-state index contributed by atoms with van der Waals surface area (Å²) in [6.07, 6.45) is 0. The Labute approximate surface area is 174 Å². The maximum atomic E-state index is 12.6. The molecule has 2 aromatic carbocycles. The lowest BCUT2D eigenvalue weighted by Gasteiger charge is -2.18. The summed E-state index contributed by atoms with van der Waals surface area (Å²) in [5.74, 6) is 1.91. The van der Waals surface area contributed by atoms with E-state index < -0.39 is 0 Å². The summed E-state index contributed by atoms with van der Waals surface area (Å²) in [4.78, 5) is 17.0. The maximum Gasteiger partial charge on any atom is 0.251 e. The van der Waals surface area contributed by atoms with Crippen LogP contribution in [0.4, 0.5) is 0 Å². The molecule has 0 radical (unpaired) electrons. The van der Waals surface area contributed by atoms with Gasteiger partial charge in [-0.15, -0.1) is 11.3 Å². The molecule has 3 aromatic rings. The van der Waals surface area contributed by atoms with Crippen molar-refractivity contribution in [2.75, 3.05) is 14.2 Å². The van der Waals surface area contributed by atoms with Crippen LogP contribution in [-0.2, 0) is 6.61 Å². The summed E-state index contributed by atoms with van der Waals surface area (Å²) in [7, 11) is 3.21. The van der Waals surface area contributed by atoms with Gasteiger partial charge in [-0.05, 0) is 56.3 Å². The van der Waals surface area contributed by atoms with Gasteiger partial charge in [0.05, 0.1) is 31.0 Å². The van der Waals surface area contributed by atoms with Crippen molar-refractivity contribution in [1.82, 2.24) is 10.3 Å². The summed E-state index contributed by atoms with van der Waals surface area (Å²) in [5.41, 5.74) is 2.30. The molecular formula is C22H24N2O4S. The zero-order chi connectivity index (χ0) is 20.8. The molecule has 0 aliphatic heterocycles. The molecule has 152 valence electrons. The second kappa shape index (κ2) is 9.43. The highest BCUT2D eigenvalue weighted by Crippen LogP contribution is 2.29. The van der Waals surface area contributed by atoms with E-state index in [0.717, 1.165) is 16.3 Å². The smallest absolute Gasteiger partial charge is 0.251 e. The zero-order valence-corrected chi connectivity index (χ0v) is 17.7. The first kappa shape index (κ1) is 20.7. The Bertz CT molecular complexity index is 969. The molecule has 1 heterocycles. The number of amides is 1. The Hall–Kier alpha value is -3.06. The van der Waals surface area contributed by atoms with Crippen LogP contribution in [0.5, 0.6) is 17.2 Å². The van der Waals surface area contributed by atoms with Gasteiger partial charge in [0.25, 0.3) is 5.91 Å². The zero-order valence-electron chi connectivity index (χ0n) is 16.9. The standard InChI is InChI=1S/C22H24N2O4S/c1-14(20-11-19(26-3)9-10-21(20)27-4)23-22(25)16-5-7-18(8-6-16)28-12-17-13-29-15(2)24-17/h5-11,13-14H,12H2,1-4H3,(H,23,25)/t14-/m1/s1. The normalized spacial score (nSPS) is 11.6. The second-order valence-electron chi connectivity index (χ2n) is 6.47. The van der Waals surface area contributed by atoms with E-state index in [1.807, 2.05) is 37.4 Å². The quantitative estimate of drug-likeness (QED) is 0.588. The lowest BCUT2D eigenvalue weighted by atomic mass is 10.1. The number of hydrogen-bond donors (Lipinski definition) is 1. The molecule has 0 fully saturated rings. The summed E-state index contributed by atoms with van der Waals surface area (Å²) < 4.78 is 16.4. The maximum absolute atomic E-state index is 12.6. The molecule has 1 aromatic heterocycles. The van der Waals surface area contributed by atoms with E-state index in [-0.39, 0.29) is 11.9 Å². The van der Waals surface area contributed by atoms with Gasteiger partial charge in [-0.2, -0.15) is 0 Å². The highest BCUT2D eigenvalue weighted by molar-refractivity contribution is 7.09. The van der Waals surface area contributed by atoms with Crippen molar-refractivity contribution >= 4 is 17.2 Å². The number of carbonyl (C=O) groups is 1. The third-order valence-corrected chi connectivity index (χ3v) is 5.24. The van der Waals surface area contributed by atoms with E-state index >= 15 is 0 Å². The van der Waals surface area contributed by atoms with Crippen molar-refractivity contribution in [2.45, 2.75) is 26.5 Å². The van der Waals surface area contributed by atoms with E-state index in [9.17, 15) is 4.79 Å². The molecule has 6 nitrogen and oxygen atoms in total. The molecule has 0 aliphatic rings. The number of thiazole rings is 1. The van der Waals surface area contributed by atoms with Gasteiger partial charge in [-0.3, -0.25) is 4.79 Å². The molecule has 29 heavy (non-hydrogen) atoms. The van der Waals surface area contributed by atoms with Crippen LogP contribution in [0.2, 0.25) is 0 Å². The monoisotopic (exact) mass is 412 g/mol. The van der Waals surface area contributed by atoms with Gasteiger partial charge in [-0.1, -0.05) is 0 Å². The second-order valence-corrected chi connectivity index (χ2v) is 7.54. The average molecular weight is 413 g/mol. The van der Waals surface area contributed by atoms with Crippen LogP contribution >= 0.6 is 11.3 Å². The van der Waals surface area contributed by atoms with E-state index in [4.69, 9.17) is 14.2 Å². The number of nitrogens with one attached hydrogen (secondary N) is 1. The van der Waals surface area contributed by atoms with Crippen molar-refractivity contribution in [3.05, 3.63) is 69.7 Å². The Morgan fingerprint density at radius 3 is 2.45 bits per heavy atom. The number of rotatable bonds is 8. The average Bonchev–Trinajstić information content (AvgIpc) is 3.17. The van der Waals surface area contributed by atoms with Crippen LogP contribution in [0.15, 0.2) is 47.8 Å². The Kier molecular flexibility index (Phi) is 6.72. The number of ether oxygens (including phenoxy) is 3. The fourth-order valence-electron chi connectivity index (χ4n) is 2.87. The minimum absolute atomic E-state index is 0.177. The highest BCUT2D eigenvalue weighted by Gasteiger charge is 2.16. The molecule has 0 saturated carbocycles. The van der Waals surface area contributed by atoms with E-state index in [1.54, 1.807) is 49.8 Å². The van der Waals surface area contributed by atoms with Gasteiger partial charge in [0.2, 0.25) is 0 Å². The minimum atomic E-state index is -0.253. The van der Waals surface area contributed by atoms with Crippen LogP contribution < -0.4 is 19.5 Å². The molecule has 1 amide bonds. The van der Waals surface area contributed by atoms with Crippen LogP contribution in [0.3, 0.4) is 0 Å². The third kappa shape index (κ3) is 5.26.